The van der Waals surface area contributed by atoms with E-state index in [1.165, 1.54) is 38.0 Å². The second-order valence-electron chi connectivity index (χ2n) is 7.75. The van der Waals surface area contributed by atoms with Crippen LogP contribution in [0.5, 0.6) is 17.2 Å². The summed E-state index contributed by atoms with van der Waals surface area (Å²) in [4.78, 5) is 14.7. The van der Waals surface area contributed by atoms with Gasteiger partial charge in [-0.05, 0) is 24.6 Å². The lowest BCUT2D eigenvalue weighted by Crippen LogP contribution is -2.48. The topological polar surface area (TPSA) is 92.0 Å². The van der Waals surface area contributed by atoms with E-state index < -0.39 is 11.6 Å². The number of hydrogen-bond acceptors (Lipinski definition) is 7. The van der Waals surface area contributed by atoms with Crippen LogP contribution in [0.15, 0.2) is 47.0 Å². The summed E-state index contributed by atoms with van der Waals surface area (Å²) in [5.74, 6) is 0.872. The third kappa shape index (κ3) is 3.38. The number of fused-ring (bicyclic) bond motifs is 1. The maximum absolute atomic E-state index is 13.3. The van der Waals surface area contributed by atoms with Gasteiger partial charge >= 0.3 is 0 Å². The molecule has 0 unspecified atom stereocenters. The van der Waals surface area contributed by atoms with Gasteiger partial charge in [0, 0.05) is 17.9 Å². The number of thioether (sulfide) groups is 1. The molecule has 2 heterocycles. The third-order valence-corrected chi connectivity index (χ3v) is 7.14. The van der Waals surface area contributed by atoms with E-state index in [4.69, 9.17) is 14.2 Å². The molecule has 166 valence electrons. The van der Waals surface area contributed by atoms with Crippen molar-refractivity contribution in [3.05, 3.63) is 63.7 Å². The summed E-state index contributed by atoms with van der Waals surface area (Å²) in [6.45, 7) is 1.96. The normalized spacial score (nSPS) is 22.4. The van der Waals surface area contributed by atoms with E-state index in [1.54, 1.807) is 12.1 Å². The molecular weight excluding hydrogens is 428 g/mol. The molecule has 1 amide bonds. The number of carbonyl (C=O) groups excluding carboxylic acids is 1. The Labute approximate surface area is 191 Å². The monoisotopic (exact) mass is 452 g/mol. The van der Waals surface area contributed by atoms with E-state index in [2.05, 4.69) is 6.07 Å². The molecule has 0 saturated carbocycles. The molecule has 7 nitrogen and oxygen atoms in total. The van der Waals surface area contributed by atoms with Crippen molar-refractivity contribution in [2.24, 2.45) is 0 Å². The highest BCUT2D eigenvalue weighted by atomic mass is 32.2. The summed E-state index contributed by atoms with van der Waals surface area (Å²) in [5, 5.41) is 22.1. The number of carbonyl (C=O) groups is 1. The van der Waals surface area contributed by atoms with Gasteiger partial charge in [-0.2, -0.15) is 5.26 Å². The lowest BCUT2D eigenvalue weighted by Gasteiger charge is -2.38. The summed E-state index contributed by atoms with van der Waals surface area (Å²) in [6, 6.07) is 13.3. The van der Waals surface area contributed by atoms with Crippen LogP contribution in [0.3, 0.4) is 0 Å². The van der Waals surface area contributed by atoms with Gasteiger partial charge < -0.3 is 19.3 Å². The van der Waals surface area contributed by atoms with Crippen molar-refractivity contribution in [2.45, 2.75) is 25.0 Å². The van der Waals surface area contributed by atoms with Crippen LogP contribution in [-0.2, 0) is 10.5 Å². The van der Waals surface area contributed by atoms with Gasteiger partial charge in [0.25, 0.3) is 0 Å². The Balaban J connectivity index is 1.82. The van der Waals surface area contributed by atoms with Crippen molar-refractivity contribution < 1.29 is 24.1 Å². The molecule has 2 aromatic rings. The van der Waals surface area contributed by atoms with Crippen LogP contribution in [0.25, 0.3) is 0 Å². The third-order valence-electron chi connectivity index (χ3n) is 5.91. The molecule has 0 aliphatic carbocycles. The number of rotatable bonds is 5. The van der Waals surface area contributed by atoms with E-state index >= 15 is 0 Å². The molecule has 0 spiro atoms. The number of allylic oxidation sites excluding steroid dienone is 1. The fourth-order valence-electron chi connectivity index (χ4n) is 4.25. The fraction of sp³-hybridized carbons (Fsp3) is 0.333. The number of amides is 1. The van der Waals surface area contributed by atoms with Crippen molar-refractivity contribution in [3.63, 3.8) is 0 Å². The minimum Gasteiger partial charge on any atom is -0.493 e. The minimum absolute atomic E-state index is 0.0414. The molecule has 0 bridgehead atoms. The van der Waals surface area contributed by atoms with Gasteiger partial charge in [0.1, 0.15) is 0 Å². The minimum atomic E-state index is -1.49. The molecule has 0 aromatic heterocycles. The standard InChI is InChI=1S/C24H24N2O5S/c1-14-5-7-16(8-6-14)24(28)13-32-23-18(12-25)17(11-21(27)26(23)24)15-9-19(29-2)22(31-4)20(10-15)30-3/h5-10,17,28H,11,13H2,1-4H3/t17-,24+/m1/s1. The van der Waals surface area contributed by atoms with Crippen molar-refractivity contribution in [1.29, 1.82) is 5.26 Å². The quantitative estimate of drug-likeness (QED) is 0.740. The van der Waals surface area contributed by atoms with Crippen LogP contribution in [0.1, 0.15) is 29.0 Å². The first-order valence-corrected chi connectivity index (χ1v) is 11.1. The van der Waals surface area contributed by atoms with Gasteiger partial charge in [-0.25, -0.2) is 0 Å². The molecular formula is C24H24N2O5S. The summed E-state index contributed by atoms with van der Waals surface area (Å²) in [7, 11) is 4.56. The Morgan fingerprint density at radius 3 is 2.28 bits per heavy atom. The predicted octanol–water partition coefficient (Wildman–Crippen LogP) is 3.66. The van der Waals surface area contributed by atoms with Gasteiger partial charge in [0.05, 0.1) is 43.8 Å². The van der Waals surface area contributed by atoms with Crippen LogP contribution in [0.2, 0.25) is 0 Å². The molecule has 2 aromatic carbocycles. The SMILES string of the molecule is COc1cc([C@H]2CC(=O)N3C(=C2C#N)SC[C@]3(O)c2ccc(C)cc2)cc(OC)c1OC. The molecule has 1 N–H and O–H groups in total. The number of methoxy groups -OCH3 is 3. The van der Waals surface area contributed by atoms with Crippen molar-refractivity contribution in [3.8, 4) is 23.3 Å². The molecule has 2 aliphatic rings. The zero-order valence-corrected chi connectivity index (χ0v) is 19.2. The summed E-state index contributed by atoms with van der Waals surface area (Å²) in [5.41, 5.74) is 1.34. The second-order valence-corrected chi connectivity index (χ2v) is 8.71. The molecule has 2 atom stereocenters. The molecule has 1 fully saturated rings. The first kappa shape index (κ1) is 22.1. The van der Waals surface area contributed by atoms with E-state index in [1.807, 2.05) is 31.2 Å². The van der Waals surface area contributed by atoms with E-state index in [0.29, 0.717) is 39.0 Å². The number of benzene rings is 2. The average molecular weight is 453 g/mol. The van der Waals surface area contributed by atoms with E-state index in [9.17, 15) is 15.2 Å². The molecule has 32 heavy (non-hydrogen) atoms. The number of aliphatic hydroxyl groups is 1. The predicted molar refractivity (Wildman–Crippen MR) is 120 cm³/mol. The van der Waals surface area contributed by atoms with Crippen LogP contribution >= 0.6 is 11.8 Å². The average Bonchev–Trinajstić information content (AvgIpc) is 3.17. The number of ether oxygens (including phenoxy) is 3. The van der Waals surface area contributed by atoms with Crippen molar-refractivity contribution >= 4 is 17.7 Å². The van der Waals surface area contributed by atoms with Crippen LogP contribution in [-0.4, -0.2) is 43.0 Å². The molecule has 2 aliphatic heterocycles. The summed E-state index contributed by atoms with van der Waals surface area (Å²) < 4.78 is 16.3. The van der Waals surface area contributed by atoms with Crippen molar-refractivity contribution in [1.82, 2.24) is 4.90 Å². The Kier molecular flexibility index (Phi) is 5.80. The lowest BCUT2D eigenvalue weighted by atomic mass is 9.85. The Hall–Kier alpha value is -3.15. The highest BCUT2D eigenvalue weighted by molar-refractivity contribution is 8.03. The molecule has 0 radical (unpaired) electrons. The zero-order chi connectivity index (χ0) is 23.0. The molecule has 1 saturated heterocycles. The largest absolute Gasteiger partial charge is 0.493 e. The highest BCUT2D eigenvalue weighted by Crippen LogP contribution is 2.52. The van der Waals surface area contributed by atoms with Crippen molar-refractivity contribution in [2.75, 3.05) is 27.1 Å². The van der Waals surface area contributed by atoms with Gasteiger partial charge in [-0.3, -0.25) is 9.69 Å². The molecule has 4 rings (SSSR count). The number of aryl methyl sites for hydroxylation is 1. The Bertz CT molecular complexity index is 1110. The maximum Gasteiger partial charge on any atom is 0.231 e. The smallest absolute Gasteiger partial charge is 0.231 e. The zero-order valence-electron chi connectivity index (χ0n) is 18.3. The van der Waals surface area contributed by atoms with Gasteiger partial charge in [0.2, 0.25) is 11.7 Å². The van der Waals surface area contributed by atoms with Gasteiger partial charge in [-0.1, -0.05) is 29.8 Å². The first-order chi connectivity index (χ1) is 15.4. The second kappa shape index (κ2) is 8.41. The van der Waals surface area contributed by atoms with Crippen LogP contribution in [0, 0.1) is 18.3 Å². The highest BCUT2D eigenvalue weighted by Gasteiger charge is 2.51. The summed E-state index contributed by atoms with van der Waals surface area (Å²) in [6.07, 6.45) is 0.0414. The maximum atomic E-state index is 13.3. The lowest BCUT2D eigenvalue weighted by molar-refractivity contribution is -0.149. The Morgan fingerprint density at radius 2 is 1.75 bits per heavy atom. The number of hydrogen-bond donors (Lipinski definition) is 1. The van der Waals surface area contributed by atoms with Crippen LogP contribution in [0.4, 0.5) is 0 Å². The summed E-state index contributed by atoms with van der Waals surface area (Å²) >= 11 is 1.32. The first-order valence-electron chi connectivity index (χ1n) is 10.1. The van der Waals surface area contributed by atoms with Gasteiger partial charge in [0.15, 0.2) is 17.2 Å². The fourth-order valence-corrected chi connectivity index (χ4v) is 5.61. The number of nitriles is 1. The molecule has 8 heteroatoms. The van der Waals surface area contributed by atoms with E-state index in [-0.39, 0.29) is 18.1 Å². The number of nitrogens with zero attached hydrogens (tertiary/aromatic N) is 2. The van der Waals surface area contributed by atoms with E-state index in [0.717, 1.165) is 5.56 Å². The van der Waals surface area contributed by atoms with Crippen LogP contribution < -0.4 is 14.2 Å². The Morgan fingerprint density at radius 1 is 1.12 bits per heavy atom. The van der Waals surface area contributed by atoms with Gasteiger partial charge in [-0.15, -0.1) is 11.8 Å².